The molecule has 0 fully saturated rings. The molecule has 1 unspecified atom stereocenters. The summed E-state index contributed by atoms with van der Waals surface area (Å²) < 4.78 is 11.3. The van der Waals surface area contributed by atoms with Gasteiger partial charge in [-0.15, -0.1) is 0 Å². The lowest BCUT2D eigenvalue weighted by molar-refractivity contribution is -0.127. The molecule has 2 aromatic carbocycles. The Morgan fingerprint density at radius 3 is 2.89 bits per heavy atom. The molecule has 6 nitrogen and oxygen atoms in total. The lowest BCUT2D eigenvalue weighted by Crippen LogP contribution is -2.38. The van der Waals surface area contributed by atoms with Crippen molar-refractivity contribution >= 4 is 29.1 Å². The second-order valence-electron chi connectivity index (χ2n) is 6.70. The normalized spacial score (nSPS) is 13.9. The van der Waals surface area contributed by atoms with E-state index in [2.05, 4.69) is 10.6 Å². The van der Waals surface area contributed by atoms with Crippen LogP contribution in [-0.4, -0.2) is 31.1 Å². The molecule has 2 amide bonds. The van der Waals surface area contributed by atoms with Crippen LogP contribution >= 0.6 is 11.6 Å². The fourth-order valence-electron chi connectivity index (χ4n) is 2.88. The lowest BCUT2D eigenvalue weighted by Gasteiger charge is -2.18. The lowest BCUT2D eigenvalue weighted by atomic mass is 10.0. The van der Waals surface area contributed by atoms with Crippen LogP contribution in [0.1, 0.15) is 24.5 Å². The third-order valence-electron chi connectivity index (χ3n) is 4.40. The number of carbonyl (C=O) groups is 2. The van der Waals surface area contributed by atoms with E-state index in [0.29, 0.717) is 42.5 Å². The van der Waals surface area contributed by atoms with Crippen molar-refractivity contribution in [3.63, 3.8) is 0 Å². The quantitative estimate of drug-likeness (QED) is 0.695. The van der Waals surface area contributed by atoms with Crippen molar-refractivity contribution in [1.29, 1.82) is 0 Å². The fourth-order valence-corrected chi connectivity index (χ4v) is 3.04. The van der Waals surface area contributed by atoms with Crippen molar-refractivity contribution in [2.45, 2.75) is 32.8 Å². The molecule has 1 aliphatic heterocycles. The smallest absolute Gasteiger partial charge is 0.260 e. The Bertz CT molecular complexity index is 885. The van der Waals surface area contributed by atoms with Gasteiger partial charge in [-0.05, 0) is 61.7 Å². The number of nitrogens with one attached hydrogen (secondary N) is 2. The van der Waals surface area contributed by atoms with Gasteiger partial charge in [0.15, 0.2) is 6.10 Å². The van der Waals surface area contributed by atoms with Gasteiger partial charge in [-0.25, -0.2) is 0 Å². The highest BCUT2D eigenvalue weighted by atomic mass is 35.5. The van der Waals surface area contributed by atoms with Gasteiger partial charge in [0.25, 0.3) is 5.91 Å². The topological polar surface area (TPSA) is 76.7 Å². The van der Waals surface area contributed by atoms with E-state index in [9.17, 15) is 9.59 Å². The number of ether oxygens (including phenoxy) is 2. The number of carbonyl (C=O) groups excluding carboxylic acids is 2. The summed E-state index contributed by atoms with van der Waals surface area (Å²) in [5.41, 5.74) is 2.89. The van der Waals surface area contributed by atoms with E-state index >= 15 is 0 Å². The molecular formula is C21H23ClN2O4. The number of hydrogen-bond donors (Lipinski definition) is 2. The summed E-state index contributed by atoms with van der Waals surface area (Å²) in [5.74, 6) is 0.989. The Labute approximate surface area is 169 Å². The van der Waals surface area contributed by atoms with Crippen molar-refractivity contribution in [2.75, 3.05) is 18.5 Å². The zero-order valence-electron chi connectivity index (χ0n) is 15.9. The van der Waals surface area contributed by atoms with Gasteiger partial charge in [-0.2, -0.15) is 0 Å². The Balaban J connectivity index is 1.44. The van der Waals surface area contributed by atoms with E-state index in [1.165, 1.54) is 0 Å². The summed E-state index contributed by atoms with van der Waals surface area (Å²) >= 11 is 6.10. The molecule has 2 aromatic rings. The maximum absolute atomic E-state index is 12.2. The Morgan fingerprint density at radius 2 is 2.07 bits per heavy atom. The van der Waals surface area contributed by atoms with Crippen molar-refractivity contribution < 1.29 is 19.1 Å². The number of benzene rings is 2. The summed E-state index contributed by atoms with van der Waals surface area (Å²) in [5, 5.41) is 6.09. The van der Waals surface area contributed by atoms with Crippen LogP contribution in [0.3, 0.4) is 0 Å². The van der Waals surface area contributed by atoms with Gasteiger partial charge < -0.3 is 20.1 Å². The number of hydrogen-bond acceptors (Lipinski definition) is 4. The number of rotatable bonds is 7. The molecule has 1 atom stereocenters. The zero-order chi connectivity index (χ0) is 20.1. The summed E-state index contributed by atoms with van der Waals surface area (Å²) in [4.78, 5) is 23.6. The maximum atomic E-state index is 12.2. The highest BCUT2D eigenvalue weighted by Crippen LogP contribution is 2.27. The predicted molar refractivity (Wildman–Crippen MR) is 108 cm³/mol. The molecule has 1 aliphatic rings. The minimum Gasteiger partial charge on any atom is -0.492 e. The van der Waals surface area contributed by atoms with E-state index in [4.69, 9.17) is 21.1 Å². The zero-order valence-corrected chi connectivity index (χ0v) is 16.6. The van der Waals surface area contributed by atoms with Crippen LogP contribution in [0.4, 0.5) is 5.69 Å². The van der Waals surface area contributed by atoms with Crippen molar-refractivity contribution in [3.05, 3.63) is 52.5 Å². The molecule has 3 rings (SSSR count). The Kier molecular flexibility index (Phi) is 6.41. The molecule has 28 heavy (non-hydrogen) atoms. The summed E-state index contributed by atoms with van der Waals surface area (Å²) in [6, 6.07) is 11.0. The van der Waals surface area contributed by atoms with Crippen LogP contribution in [0.15, 0.2) is 36.4 Å². The van der Waals surface area contributed by atoms with Crippen molar-refractivity contribution in [2.24, 2.45) is 0 Å². The number of aryl methyl sites for hydroxylation is 2. The average Bonchev–Trinajstić information content (AvgIpc) is 2.67. The number of fused-ring (bicyclic) bond motifs is 1. The van der Waals surface area contributed by atoms with Crippen LogP contribution < -0.4 is 20.1 Å². The SMILES string of the molecule is Cc1ccc(Cl)c(OC(C)C(=O)NCCOc2ccc3c(c2)CCC(=O)N3)c1. The van der Waals surface area contributed by atoms with Gasteiger partial charge in [0, 0.05) is 12.1 Å². The minimum atomic E-state index is -0.674. The molecule has 0 bridgehead atoms. The van der Waals surface area contributed by atoms with E-state index in [1.54, 1.807) is 25.1 Å². The maximum Gasteiger partial charge on any atom is 0.260 e. The van der Waals surface area contributed by atoms with Gasteiger partial charge in [-0.1, -0.05) is 17.7 Å². The third-order valence-corrected chi connectivity index (χ3v) is 4.71. The molecule has 0 saturated heterocycles. The number of anilines is 1. The second kappa shape index (κ2) is 8.97. The molecule has 2 N–H and O–H groups in total. The first-order chi connectivity index (χ1) is 13.4. The molecule has 1 heterocycles. The Morgan fingerprint density at radius 1 is 1.25 bits per heavy atom. The first-order valence-corrected chi connectivity index (χ1v) is 9.56. The highest BCUT2D eigenvalue weighted by molar-refractivity contribution is 6.32. The average molecular weight is 403 g/mol. The largest absolute Gasteiger partial charge is 0.492 e. The second-order valence-corrected chi connectivity index (χ2v) is 7.11. The first kappa shape index (κ1) is 20.0. The predicted octanol–water partition coefficient (Wildman–Crippen LogP) is 3.50. The molecule has 0 radical (unpaired) electrons. The van der Waals surface area contributed by atoms with Crippen molar-refractivity contribution in [3.8, 4) is 11.5 Å². The molecular weight excluding hydrogens is 380 g/mol. The molecule has 0 saturated carbocycles. The van der Waals surface area contributed by atoms with E-state index in [1.807, 2.05) is 25.1 Å². The van der Waals surface area contributed by atoms with Gasteiger partial charge in [0.1, 0.15) is 18.1 Å². The molecule has 0 aromatic heterocycles. The van der Waals surface area contributed by atoms with Crippen LogP contribution in [0, 0.1) is 6.92 Å². The van der Waals surface area contributed by atoms with E-state index in [-0.39, 0.29) is 11.8 Å². The monoisotopic (exact) mass is 402 g/mol. The fraction of sp³-hybridized carbons (Fsp3) is 0.333. The highest BCUT2D eigenvalue weighted by Gasteiger charge is 2.17. The minimum absolute atomic E-state index is 0.0344. The van der Waals surface area contributed by atoms with Crippen LogP contribution in [0.2, 0.25) is 5.02 Å². The van der Waals surface area contributed by atoms with Crippen LogP contribution in [-0.2, 0) is 16.0 Å². The van der Waals surface area contributed by atoms with Gasteiger partial charge in [0.05, 0.1) is 11.6 Å². The molecule has 0 aliphatic carbocycles. The number of amides is 2. The summed E-state index contributed by atoms with van der Waals surface area (Å²) in [7, 11) is 0. The standard InChI is InChI=1S/C21H23ClN2O4/c1-13-3-6-17(22)19(11-13)28-14(2)21(26)23-9-10-27-16-5-7-18-15(12-16)4-8-20(25)24-18/h3,5-7,11-12,14H,4,8-10H2,1-2H3,(H,23,26)(H,24,25). The number of halogens is 1. The van der Waals surface area contributed by atoms with Gasteiger partial charge in [-0.3, -0.25) is 9.59 Å². The molecule has 0 spiro atoms. The van der Waals surface area contributed by atoms with Crippen LogP contribution in [0.5, 0.6) is 11.5 Å². The van der Waals surface area contributed by atoms with Crippen LogP contribution in [0.25, 0.3) is 0 Å². The first-order valence-electron chi connectivity index (χ1n) is 9.18. The van der Waals surface area contributed by atoms with Crippen molar-refractivity contribution in [1.82, 2.24) is 5.32 Å². The van der Waals surface area contributed by atoms with E-state index in [0.717, 1.165) is 16.8 Å². The molecule has 7 heteroatoms. The van der Waals surface area contributed by atoms with Gasteiger partial charge >= 0.3 is 0 Å². The Hall–Kier alpha value is -2.73. The molecule has 148 valence electrons. The van der Waals surface area contributed by atoms with Gasteiger partial charge in [0.2, 0.25) is 5.91 Å². The third kappa shape index (κ3) is 5.16. The van der Waals surface area contributed by atoms with E-state index < -0.39 is 6.10 Å². The summed E-state index contributed by atoms with van der Waals surface area (Å²) in [6.45, 7) is 4.28. The summed E-state index contributed by atoms with van der Waals surface area (Å²) in [6.07, 6.45) is 0.507.